The summed E-state index contributed by atoms with van der Waals surface area (Å²) in [7, 11) is 4.41. The first kappa shape index (κ1) is 32.4. The van der Waals surface area contributed by atoms with Crippen molar-refractivity contribution < 1.29 is 22.1 Å². The van der Waals surface area contributed by atoms with Gasteiger partial charge in [-0.15, -0.1) is 0 Å². The molecule has 0 rings (SSSR count). The van der Waals surface area contributed by atoms with Gasteiger partial charge in [0.2, 0.25) is 0 Å². The van der Waals surface area contributed by atoms with Gasteiger partial charge in [-0.1, -0.05) is 26.7 Å². The van der Waals surface area contributed by atoms with Gasteiger partial charge < -0.3 is 31.9 Å². The van der Waals surface area contributed by atoms with Gasteiger partial charge in [0.15, 0.2) is 0 Å². The van der Waals surface area contributed by atoms with Gasteiger partial charge in [0.1, 0.15) is 0 Å². The van der Waals surface area contributed by atoms with Crippen LogP contribution in [-0.4, -0.2) is 111 Å². The Kier molecular flexibility index (Phi) is 21.0. The van der Waals surface area contributed by atoms with E-state index in [1.54, 1.807) is 21.3 Å². The number of rotatable bonds is 23. The fourth-order valence-electron chi connectivity index (χ4n) is 3.83. The third-order valence-corrected chi connectivity index (χ3v) is 13.8. The van der Waals surface area contributed by atoms with Crippen LogP contribution in [0.1, 0.15) is 59.8 Å². The molecule has 0 N–H and O–H groups in total. The second-order valence-corrected chi connectivity index (χ2v) is 14.9. The lowest BCUT2D eigenvalue weighted by Crippen LogP contribution is -2.51. The van der Waals surface area contributed by atoms with E-state index in [0.29, 0.717) is 5.16 Å². The zero-order valence-corrected chi connectivity index (χ0v) is 25.2. The highest BCUT2D eigenvalue weighted by Gasteiger charge is 2.46. The van der Waals surface area contributed by atoms with E-state index in [-0.39, 0.29) is 0 Å². The first-order valence-corrected chi connectivity index (χ1v) is 17.0. The highest BCUT2D eigenvalue weighted by Crippen LogP contribution is 2.29. The highest BCUT2D eigenvalue weighted by molar-refractivity contribution is 6.73. The van der Waals surface area contributed by atoms with Crippen molar-refractivity contribution >= 4 is 27.6 Å². The second kappa shape index (κ2) is 20.7. The molecule has 0 aliphatic rings. The fraction of sp³-hybridized carbons (Fsp3) is 1.00. The molecule has 7 nitrogen and oxygen atoms in total. The normalized spacial score (nSPS) is 13.6. The van der Waals surface area contributed by atoms with Crippen molar-refractivity contribution in [3.63, 3.8) is 0 Å². The fourth-order valence-corrected chi connectivity index (χ4v) is 10.6. The summed E-state index contributed by atoms with van der Waals surface area (Å²) in [5, 5.41) is 0.352. The molecule has 0 aromatic rings. The molecule has 0 saturated heterocycles. The van der Waals surface area contributed by atoms with Crippen molar-refractivity contribution in [3.05, 3.63) is 0 Å². The zero-order chi connectivity index (χ0) is 24.2. The van der Waals surface area contributed by atoms with Crippen molar-refractivity contribution in [2.24, 2.45) is 0 Å². The number of hydrogen-bond donors (Lipinski definition) is 0. The van der Waals surface area contributed by atoms with Gasteiger partial charge in [0.05, 0.1) is 9.52 Å². The molecular weight excluding hydrogens is 457 g/mol. The summed E-state index contributed by atoms with van der Waals surface area (Å²) in [6, 6.07) is 1.03. The van der Waals surface area contributed by atoms with E-state index in [9.17, 15) is 0 Å². The Morgan fingerprint density at radius 1 is 0.812 bits per heavy atom. The maximum atomic E-state index is 5.87. The summed E-state index contributed by atoms with van der Waals surface area (Å²) in [5.41, 5.74) is 0. The van der Waals surface area contributed by atoms with E-state index in [1.165, 1.54) is 25.8 Å². The van der Waals surface area contributed by atoms with Crippen LogP contribution in [0.25, 0.3) is 0 Å². The summed E-state index contributed by atoms with van der Waals surface area (Å²) in [5.74, 6) is 0. The van der Waals surface area contributed by atoms with Gasteiger partial charge in [0, 0.05) is 39.7 Å². The van der Waals surface area contributed by atoms with Crippen molar-refractivity contribution in [3.8, 4) is 0 Å². The quantitative estimate of drug-likeness (QED) is 0.155. The maximum Gasteiger partial charge on any atom is 0.500 e. The second-order valence-electron chi connectivity index (χ2n) is 7.93. The number of unbranched alkanes of at least 4 members (excludes halogenated alkanes) is 2. The molecule has 32 heavy (non-hydrogen) atoms. The van der Waals surface area contributed by atoms with Crippen molar-refractivity contribution in [1.82, 2.24) is 9.80 Å². The highest BCUT2D eigenvalue weighted by atomic mass is 28.4. The molecule has 0 aliphatic carbocycles. The molecule has 0 aromatic heterocycles. The van der Waals surface area contributed by atoms with E-state index < -0.39 is 18.1 Å². The van der Waals surface area contributed by atoms with E-state index in [4.69, 9.17) is 22.1 Å². The Morgan fingerprint density at radius 2 is 1.41 bits per heavy atom. The summed E-state index contributed by atoms with van der Waals surface area (Å²) in [6.07, 6.45) is 6.94. The molecule has 0 bridgehead atoms. The van der Waals surface area contributed by atoms with Gasteiger partial charge in [-0.05, 0) is 78.5 Å². The van der Waals surface area contributed by atoms with E-state index in [1.807, 2.05) is 13.8 Å². The van der Waals surface area contributed by atoms with Crippen molar-refractivity contribution in [1.29, 1.82) is 0 Å². The Morgan fingerprint density at radius 3 is 1.91 bits per heavy atom. The molecule has 1 atom stereocenters. The molecule has 0 heterocycles. The third-order valence-electron chi connectivity index (χ3n) is 5.78. The smallest absolute Gasteiger partial charge is 0.394 e. The average molecular weight is 508 g/mol. The molecule has 0 saturated carbocycles. The van der Waals surface area contributed by atoms with Gasteiger partial charge in [0.25, 0.3) is 0 Å². The lowest BCUT2D eigenvalue weighted by Gasteiger charge is -2.33. The molecule has 0 spiro atoms. The SMILES string of the molecule is CCO[Si](CCCN(C)C[Si]C(CCCCCN(CC)CC)[Si](OC)(OC)OC)OCC. The van der Waals surface area contributed by atoms with Gasteiger partial charge >= 0.3 is 18.1 Å². The van der Waals surface area contributed by atoms with Crippen molar-refractivity contribution in [2.45, 2.75) is 71.0 Å². The summed E-state index contributed by atoms with van der Waals surface area (Å²) < 4.78 is 29.1. The number of nitrogens with zero attached hydrogens (tertiary/aromatic N) is 2. The largest absolute Gasteiger partial charge is 0.500 e. The predicted octanol–water partition coefficient (Wildman–Crippen LogP) is 3.64. The first-order chi connectivity index (χ1) is 15.5. The standard InChI is InChI=1S/C22H51N2O5Si3/c1-9-24(10-2)19-15-13-14-17-22(32(25-6,26-7)27-8)30-21-23(5)18-16-20-31(28-11-3)29-12-4/h22H,9-21H2,1-8H3. The van der Waals surface area contributed by atoms with Gasteiger partial charge in [-0.25, -0.2) is 0 Å². The maximum absolute atomic E-state index is 5.87. The summed E-state index contributed by atoms with van der Waals surface area (Å²) in [4.78, 5) is 4.92. The molecule has 0 aromatic carbocycles. The van der Waals surface area contributed by atoms with Crippen LogP contribution >= 0.6 is 0 Å². The molecule has 10 heteroatoms. The predicted molar refractivity (Wildman–Crippen MR) is 138 cm³/mol. The molecular formula is C22H51N2O5Si3. The lowest BCUT2D eigenvalue weighted by atomic mass is 10.2. The monoisotopic (exact) mass is 507 g/mol. The van der Waals surface area contributed by atoms with Crippen LogP contribution in [0.15, 0.2) is 0 Å². The topological polar surface area (TPSA) is 52.6 Å². The van der Waals surface area contributed by atoms with E-state index >= 15 is 0 Å². The molecule has 0 amide bonds. The van der Waals surface area contributed by atoms with Crippen LogP contribution in [0.5, 0.6) is 0 Å². The molecule has 1 unspecified atom stereocenters. The average Bonchev–Trinajstić information content (AvgIpc) is 2.80. The van der Waals surface area contributed by atoms with E-state index in [2.05, 4.69) is 30.7 Å². The lowest BCUT2D eigenvalue weighted by molar-refractivity contribution is 0.118. The van der Waals surface area contributed by atoms with Crippen molar-refractivity contribution in [2.75, 3.05) is 73.9 Å². The Labute approximate surface area is 204 Å². The van der Waals surface area contributed by atoms with E-state index in [0.717, 1.165) is 67.4 Å². The minimum absolute atomic E-state index is 0.352. The third kappa shape index (κ3) is 13.3. The molecule has 191 valence electrons. The number of hydrogen-bond acceptors (Lipinski definition) is 7. The van der Waals surface area contributed by atoms with Crippen LogP contribution in [0.2, 0.25) is 11.2 Å². The van der Waals surface area contributed by atoms with Crippen LogP contribution in [-0.2, 0) is 22.1 Å². The molecule has 3 radical (unpaired) electrons. The van der Waals surface area contributed by atoms with Crippen LogP contribution in [0, 0.1) is 0 Å². The van der Waals surface area contributed by atoms with Crippen LogP contribution in [0.3, 0.4) is 0 Å². The van der Waals surface area contributed by atoms with Gasteiger partial charge in [-0.2, -0.15) is 0 Å². The van der Waals surface area contributed by atoms with Crippen LogP contribution < -0.4 is 0 Å². The molecule has 0 aliphatic heterocycles. The van der Waals surface area contributed by atoms with Crippen LogP contribution in [0.4, 0.5) is 0 Å². The summed E-state index contributed by atoms with van der Waals surface area (Å²) >= 11 is 0. The minimum Gasteiger partial charge on any atom is -0.394 e. The Hall–Kier alpha value is 0.371. The minimum atomic E-state index is -2.64. The van der Waals surface area contributed by atoms with Gasteiger partial charge in [-0.3, -0.25) is 0 Å². The molecule has 0 fully saturated rings. The summed E-state index contributed by atoms with van der Waals surface area (Å²) in [6.45, 7) is 14.5. The Bertz CT molecular complexity index is 405. The first-order valence-electron chi connectivity index (χ1n) is 12.4. The zero-order valence-electron chi connectivity index (χ0n) is 22.2. The Balaban J connectivity index is 4.60.